The second kappa shape index (κ2) is 5.59. The minimum Gasteiger partial charge on any atom is -0.455 e. The Morgan fingerprint density at radius 1 is 1.21 bits per heavy atom. The Bertz CT molecular complexity index is 649. The van der Waals surface area contributed by atoms with Crippen molar-refractivity contribution >= 4 is 33.4 Å². The molecule has 2 rings (SSSR count). The molecule has 0 bridgehead atoms. The van der Waals surface area contributed by atoms with Crippen LogP contribution in [0.4, 0.5) is 4.39 Å². The number of nitrogen functional groups attached to an aromatic ring is 1. The minimum atomic E-state index is -0.446. The number of nitrogens with one attached hydrogen (secondary N) is 1. The fourth-order valence-electron chi connectivity index (χ4n) is 1.48. The zero-order valence-electron chi connectivity index (χ0n) is 9.58. The predicted molar refractivity (Wildman–Crippen MR) is 76.6 cm³/mol. The molecule has 2 aromatic carbocycles. The summed E-state index contributed by atoms with van der Waals surface area (Å²) in [6, 6.07) is 8.88. The molecule has 0 atom stereocenters. The summed E-state index contributed by atoms with van der Waals surface area (Å²) in [7, 11) is 0. The topological polar surface area (TPSA) is 59.1 Å². The van der Waals surface area contributed by atoms with E-state index in [0.29, 0.717) is 17.1 Å². The summed E-state index contributed by atoms with van der Waals surface area (Å²) >= 11 is 9.19. The van der Waals surface area contributed by atoms with E-state index in [0.717, 1.165) is 10.5 Å². The summed E-state index contributed by atoms with van der Waals surface area (Å²) in [5.41, 5.74) is 5.91. The highest BCUT2D eigenvalue weighted by molar-refractivity contribution is 9.10. The highest BCUT2D eigenvalue weighted by Gasteiger charge is 2.11. The van der Waals surface area contributed by atoms with Crippen molar-refractivity contribution in [2.75, 3.05) is 0 Å². The second-order valence-corrected chi connectivity index (χ2v) is 5.05. The Morgan fingerprint density at radius 3 is 2.58 bits per heavy atom. The molecule has 0 spiro atoms. The SMILES string of the molecule is N=C(N)c1ccc(Br)cc1Oc1ccc(F)cc1Cl. The normalized spacial score (nSPS) is 10.3. The van der Waals surface area contributed by atoms with Crippen LogP contribution in [0.15, 0.2) is 40.9 Å². The molecule has 19 heavy (non-hydrogen) atoms. The molecule has 3 nitrogen and oxygen atoms in total. The predicted octanol–water partition coefficient (Wildman–Crippen LogP) is 4.32. The van der Waals surface area contributed by atoms with E-state index < -0.39 is 5.82 Å². The van der Waals surface area contributed by atoms with Gasteiger partial charge < -0.3 is 10.5 Å². The molecule has 0 saturated carbocycles. The van der Waals surface area contributed by atoms with E-state index in [-0.39, 0.29) is 10.9 Å². The van der Waals surface area contributed by atoms with Gasteiger partial charge >= 0.3 is 0 Å². The summed E-state index contributed by atoms with van der Waals surface area (Å²) in [4.78, 5) is 0. The molecule has 0 radical (unpaired) electrons. The third kappa shape index (κ3) is 3.24. The minimum absolute atomic E-state index is 0.124. The maximum absolute atomic E-state index is 13.0. The molecule has 0 aliphatic carbocycles. The van der Waals surface area contributed by atoms with E-state index in [9.17, 15) is 4.39 Å². The van der Waals surface area contributed by atoms with E-state index in [1.165, 1.54) is 12.1 Å². The van der Waals surface area contributed by atoms with Gasteiger partial charge in [-0.2, -0.15) is 0 Å². The van der Waals surface area contributed by atoms with Crippen LogP contribution in [0, 0.1) is 11.2 Å². The van der Waals surface area contributed by atoms with Crippen LogP contribution in [-0.2, 0) is 0 Å². The number of nitrogens with two attached hydrogens (primary N) is 1. The molecule has 0 unspecified atom stereocenters. The maximum atomic E-state index is 13.0. The zero-order chi connectivity index (χ0) is 14.0. The lowest BCUT2D eigenvalue weighted by Crippen LogP contribution is -2.12. The second-order valence-electron chi connectivity index (χ2n) is 3.73. The van der Waals surface area contributed by atoms with Gasteiger partial charge in [-0.05, 0) is 36.4 Å². The van der Waals surface area contributed by atoms with Gasteiger partial charge in [0, 0.05) is 4.47 Å². The van der Waals surface area contributed by atoms with Gasteiger partial charge in [0.05, 0.1) is 10.6 Å². The van der Waals surface area contributed by atoms with Crippen LogP contribution in [0.2, 0.25) is 5.02 Å². The summed E-state index contributed by atoms with van der Waals surface area (Å²) in [5, 5.41) is 7.64. The molecule has 0 aromatic heterocycles. The van der Waals surface area contributed by atoms with Gasteiger partial charge in [-0.25, -0.2) is 4.39 Å². The van der Waals surface area contributed by atoms with Gasteiger partial charge in [0.2, 0.25) is 0 Å². The third-order valence-corrected chi connectivity index (χ3v) is 3.14. The number of amidine groups is 1. The molecule has 0 amide bonds. The lowest BCUT2D eigenvalue weighted by Gasteiger charge is -2.12. The van der Waals surface area contributed by atoms with Gasteiger partial charge in [0.15, 0.2) is 0 Å². The van der Waals surface area contributed by atoms with E-state index in [2.05, 4.69) is 15.9 Å². The molecule has 0 fully saturated rings. The smallest absolute Gasteiger partial charge is 0.146 e. The fraction of sp³-hybridized carbons (Fsp3) is 0. The number of hydrogen-bond donors (Lipinski definition) is 2. The summed E-state index contributed by atoms with van der Waals surface area (Å²) in [5.74, 6) is 0.0955. The fourth-order valence-corrected chi connectivity index (χ4v) is 2.03. The van der Waals surface area contributed by atoms with Gasteiger partial charge in [-0.3, -0.25) is 5.41 Å². The van der Waals surface area contributed by atoms with Crippen LogP contribution in [0.25, 0.3) is 0 Å². The highest BCUT2D eigenvalue weighted by Crippen LogP contribution is 2.33. The van der Waals surface area contributed by atoms with E-state index in [4.69, 9.17) is 27.5 Å². The standard InChI is InChI=1S/C13H9BrClFN2O/c14-7-1-3-9(13(17)18)12(5-7)19-11-4-2-8(16)6-10(11)15/h1-6H,(H3,17,18). The Kier molecular flexibility index (Phi) is 4.07. The molecule has 0 saturated heterocycles. The lowest BCUT2D eigenvalue weighted by atomic mass is 10.2. The number of rotatable bonds is 3. The number of benzene rings is 2. The summed E-state index contributed by atoms with van der Waals surface area (Å²) < 4.78 is 19.3. The first kappa shape index (κ1) is 13.8. The molecule has 0 heterocycles. The van der Waals surface area contributed by atoms with E-state index >= 15 is 0 Å². The largest absolute Gasteiger partial charge is 0.455 e. The monoisotopic (exact) mass is 342 g/mol. The number of hydrogen-bond acceptors (Lipinski definition) is 2. The van der Waals surface area contributed by atoms with Crippen LogP contribution in [0.5, 0.6) is 11.5 Å². The average Bonchev–Trinajstić information content (AvgIpc) is 2.32. The Morgan fingerprint density at radius 2 is 1.95 bits per heavy atom. The lowest BCUT2D eigenvalue weighted by molar-refractivity contribution is 0.479. The van der Waals surface area contributed by atoms with Crippen LogP contribution in [0.3, 0.4) is 0 Å². The highest BCUT2D eigenvalue weighted by atomic mass is 79.9. The average molecular weight is 344 g/mol. The van der Waals surface area contributed by atoms with Crippen LogP contribution in [0.1, 0.15) is 5.56 Å². The summed E-state index contributed by atoms with van der Waals surface area (Å²) in [6.45, 7) is 0. The van der Waals surface area contributed by atoms with Crippen molar-refractivity contribution in [1.82, 2.24) is 0 Å². The van der Waals surface area contributed by atoms with Crippen LogP contribution >= 0.6 is 27.5 Å². The van der Waals surface area contributed by atoms with Gasteiger partial charge in [-0.1, -0.05) is 27.5 Å². The van der Waals surface area contributed by atoms with Crippen molar-refractivity contribution in [3.8, 4) is 11.5 Å². The molecule has 6 heteroatoms. The molecule has 98 valence electrons. The van der Waals surface area contributed by atoms with Gasteiger partial charge in [0.1, 0.15) is 23.2 Å². The first-order valence-electron chi connectivity index (χ1n) is 5.24. The molecule has 2 aromatic rings. The van der Waals surface area contributed by atoms with Crippen LogP contribution in [-0.4, -0.2) is 5.84 Å². The van der Waals surface area contributed by atoms with Crippen LogP contribution < -0.4 is 10.5 Å². The van der Waals surface area contributed by atoms with E-state index in [1.807, 2.05) is 0 Å². The zero-order valence-corrected chi connectivity index (χ0v) is 11.9. The maximum Gasteiger partial charge on any atom is 0.146 e. The Labute approximate surface area is 122 Å². The van der Waals surface area contributed by atoms with Crippen molar-refractivity contribution in [2.45, 2.75) is 0 Å². The molecule has 3 N–H and O–H groups in total. The third-order valence-electron chi connectivity index (χ3n) is 2.35. The first-order valence-corrected chi connectivity index (χ1v) is 6.41. The molecule has 0 aliphatic heterocycles. The quantitative estimate of drug-likeness (QED) is 0.644. The number of ether oxygens (including phenoxy) is 1. The van der Waals surface area contributed by atoms with Crippen molar-refractivity contribution < 1.29 is 9.13 Å². The van der Waals surface area contributed by atoms with Gasteiger partial charge in [0.25, 0.3) is 0 Å². The molecule has 0 aliphatic rings. The molecular formula is C13H9BrClFN2O. The van der Waals surface area contributed by atoms with Crippen molar-refractivity contribution in [2.24, 2.45) is 5.73 Å². The van der Waals surface area contributed by atoms with Gasteiger partial charge in [-0.15, -0.1) is 0 Å². The Hall–Kier alpha value is -1.59. The van der Waals surface area contributed by atoms with E-state index in [1.54, 1.807) is 18.2 Å². The summed E-state index contributed by atoms with van der Waals surface area (Å²) in [6.07, 6.45) is 0. The van der Waals surface area contributed by atoms with Crippen molar-refractivity contribution in [1.29, 1.82) is 5.41 Å². The van der Waals surface area contributed by atoms with Crippen molar-refractivity contribution in [3.63, 3.8) is 0 Å². The number of halogens is 3. The van der Waals surface area contributed by atoms with Crippen molar-refractivity contribution in [3.05, 3.63) is 57.3 Å². The molecular weight excluding hydrogens is 335 g/mol. The first-order chi connectivity index (χ1) is 8.97. The Balaban J connectivity index is 2.42.